The lowest BCUT2D eigenvalue weighted by Gasteiger charge is -2.18. The molecule has 0 amide bonds. The maximum absolute atomic E-state index is 14.1. The molecule has 0 radical (unpaired) electrons. The van der Waals surface area contributed by atoms with Crippen molar-refractivity contribution in [3.05, 3.63) is 51.2 Å². The van der Waals surface area contributed by atoms with Gasteiger partial charge in [0.25, 0.3) is 0 Å². The maximum atomic E-state index is 14.1. The van der Waals surface area contributed by atoms with Gasteiger partial charge in [-0.3, -0.25) is 0 Å². The Kier molecular flexibility index (Phi) is 5.23. The van der Waals surface area contributed by atoms with Gasteiger partial charge in [0.1, 0.15) is 10.8 Å². The van der Waals surface area contributed by atoms with Crippen molar-refractivity contribution in [3.8, 4) is 0 Å². The molecule has 108 valence electrons. The van der Waals surface area contributed by atoms with Gasteiger partial charge >= 0.3 is 0 Å². The van der Waals surface area contributed by atoms with Gasteiger partial charge in [-0.25, -0.2) is 9.37 Å². The molecule has 0 aliphatic heterocycles. The first-order chi connectivity index (χ1) is 9.61. The van der Waals surface area contributed by atoms with Crippen LogP contribution in [0.15, 0.2) is 23.6 Å². The van der Waals surface area contributed by atoms with Crippen LogP contribution in [0.2, 0.25) is 0 Å². The van der Waals surface area contributed by atoms with Gasteiger partial charge in [0.2, 0.25) is 0 Å². The quantitative estimate of drug-likeness (QED) is 0.831. The molecule has 2 aromatic rings. The molecule has 0 bridgehead atoms. The molecular weight excluding hydrogens is 275 g/mol. The highest BCUT2D eigenvalue weighted by molar-refractivity contribution is 7.09. The summed E-state index contributed by atoms with van der Waals surface area (Å²) in [4.78, 5) is 4.49. The maximum Gasteiger partial charge on any atom is 0.128 e. The van der Waals surface area contributed by atoms with Crippen LogP contribution in [0.5, 0.6) is 0 Å². The first kappa shape index (κ1) is 15.1. The minimum Gasteiger partial charge on any atom is -0.383 e. The van der Waals surface area contributed by atoms with E-state index in [2.05, 4.69) is 10.3 Å². The Labute approximate surface area is 122 Å². The number of thiazole rings is 1. The lowest BCUT2D eigenvalue weighted by Crippen LogP contribution is -2.26. The van der Waals surface area contributed by atoms with Crippen molar-refractivity contribution >= 4 is 11.3 Å². The number of aromatic nitrogens is 1. The van der Waals surface area contributed by atoms with Crippen LogP contribution in [0.25, 0.3) is 0 Å². The number of rotatable bonds is 6. The number of hydrogen-bond acceptors (Lipinski definition) is 4. The molecule has 20 heavy (non-hydrogen) atoms. The van der Waals surface area contributed by atoms with Crippen molar-refractivity contribution in [3.63, 3.8) is 0 Å². The fourth-order valence-corrected chi connectivity index (χ4v) is 2.91. The van der Waals surface area contributed by atoms with Crippen molar-refractivity contribution in [2.75, 3.05) is 20.3 Å². The minimum absolute atomic E-state index is 0.210. The Hall–Kier alpha value is -1.30. The third-order valence-electron chi connectivity index (χ3n) is 3.00. The van der Waals surface area contributed by atoms with Crippen LogP contribution in [0.1, 0.15) is 27.9 Å². The zero-order valence-corrected chi connectivity index (χ0v) is 12.8. The molecule has 0 aliphatic rings. The number of methoxy groups -OCH3 is 1. The highest BCUT2D eigenvalue weighted by atomic mass is 32.1. The Balaban J connectivity index is 2.32. The summed E-state index contributed by atoms with van der Waals surface area (Å²) in [6, 6.07) is 4.92. The smallest absolute Gasteiger partial charge is 0.128 e. The molecule has 1 aromatic carbocycles. The van der Waals surface area contributed by atoms with Crippen molar-refractivity contribution < 1.29 is 9.13 Å². The van der Waals surface area contributed by atoms with Crippen LogP contribution in [0.3, 0.4) is 0 Å². The zero-order valence-electron chi connectivity index (χ0n) is 11.9. The van der Waals surface area contributed by atoms with Crippen molar-refractivity contribution in [1.29, 1.82) is 0 Å². The van der Waals surface area contributed by atoms with Crippen LogP contribution in [-0.2, 0) is 4.74 Å². The first-order valence-corrected chi connectivity index (χ1v) is 7.40. The fraction of sp³-hybridized carbons (Fsp3) is 0.400. The summed E-state index contributed by atoms with van der Waals surface area (Å²) in [6.45, 7) is 5.13. The SMILES string of the molecule is COCCNC(c1nc(C)cs1)c1cc(C)ccc1F. The van der Waals surface area contributed by atoms with Crippen LogP contribution in [-0.4, -0.2) is 25.2 Å². The van der Waals surface area contributed by atoms with Gasteiger partial charge in [-0.2, -0.15) is 0 Å². The topological polar surface area (TPSA) is 34.1 Å². The summed E-state index contributed by atoms with van der Waals surface area (Å²) in [5.41, 5.74) is 2.63. The summed E-state index contributed by atoms with van der Waals surface area (Å²) in [5.74, 6) is -0.210. The molecule has 5 heteroatoms. The molecule has 0 saturated carbocycles. The normalized spacial score (nSPS) is 12.6. The largest absolute Gasteiger partial charge is 0.383 e. The van der Waals surface area contributed by atoms with E-state index >= 15 is 0 Å². The van der Waals surface area contributed by atoms with E-state index in [1.807, 2.05) is 25.3 Å². The van der Waals surface area contributed by atoms with Crippen LogP contribution < -0.4 is 5.32 Å². The molecule has 1 N–H and O–H groups in total. The number of nitrogens with one attached hydrogen (secondary N) is 1. The molecule has 0 aliphatic carbocycles. The third kappa shape index (κ3) is 3.62. The average molecular weight is 294 g/mol. The highest BCUT2D eigenvalue weighted by Crippen LogP contribution is 2.27. The Morgan fingerprint density at radius 1 is 1.40 bits per heavy atom. The monoisotopic (exact) mass is 294 g/mol. The van der Waals surface area contributed by atoms with Crippen molar-refractivity contribution in [2.24, 2.45) is 0 Å². The number of ether oxygens (including phenoxy) is 1. The van der Waals surface area contributed by atoms with Crippen LogP contribution in [0.4, 0.5) is 4.39 Å². The average Bonchev–Trinajstić information content (AvgIpc) is 2.84. The highest BCUT2D eigenvalue weighted by Gasteiger charge is 2.20. The Morgan fingerprint density at radius 3 is 2.85 bits per heavy atom. The lowest BCUT2D eigenvalue weighted by molar-refractivity contribution is 0.197. The van der Waals surface area contributed by atoms with E-state index in [9.17, 15) is 4.39 Å². The van der Waals surface area contributed by atoms with Crippen molar-refractivity contribution in [2.45, 2.75) is 19.9 Å². The van der Waals surface area contributed by atoms with Gasteiger partial charge in [0, 0.05) is 30.3 Å². The summed E-state index contributed by atoms with van der Waals surface area (Å²) in [5, 5.41) is 6.18. The number of hydrogen-bond donors (Lipinski definition) is 1. The second-order valence-electron chi connectivity index (χ2n) is 4.73. The van der Waals surface area contributed by atoms with E-state index in [0.717, 1.165) is 16.3 Å². The molecular formula is C15H19FN2OS. The lowest BCUT2D eigenvalue weighted by atomic mass is 10.0. The predicted octanol–water partition coefficient (Wildman–Crippen LogP) is 3.22. The van der Waals surface area contributed by atoms with E-state index in [1.54, 1.807) is 24.5 Å². The predicted molar refractivity (Wildman–Crippen MR) is 79.7 cm³/mol. The summed E-state index contributed by atoms with van der Waals surface area (Å²) in [7, 11) is 1.65. The summed E-state index contributed by atoms with van der Waals surface area (Å²) >= 11 is 1.54. The second kappa shape index (κ2) is 6.92. The van der Waals surface area contributed by atoms with E-state index in [1.165, 1.54) is 6.07 Å². The van der Waals surface area contributed by atoms with Crippen LogP contribution in [0, 0.1) is 19.7 Å². The van der Waals surface area contributed by atoms with Gasteiger partial charge in [-0.15, -0.1) is 11.3 Å². The zero-order chi connectivity index (χ0) is 14.5. The van der Waals surface area contributed by atoms with E-state index < -0.39 is 0 Å². The number of nitrogens with zero attached hydrogens (tertiary/aromatic N) is 1. The number of aryl methyl sites for hydroxylation is 2. The molecule has 1 heterocycles. The van der Waals surface area contributed by atoms with Gasteiger partial charge < -0.3 is 10.1 Å². The third-order valence-corrected chi connectivity index (χ3v) is 4.03. The van der Waals surface area contributed by atoms with Gasteiger partial charge in [-0.05, 0) is 19.9 Å². The van der Waals surface area contributed by atoms with E-state index in [-0.39, 0.29) is 11.9 Å². The molecule has 1 unspecified atom stereocenters. The molecule has 0 spiro atoms. The molecule has 2 rings (SSSR count). The molecule has 1 aromatic heterocycles. The summed E-state index contributed by atoms with van der Waals surface area (Å²) in [6.07, 6.45) is 0. The molecule has 0 fully saturated rings. The van der Waals surface area contributed by atoms with Crippen molar-refractivity contribution in [1.82, 2.24) is 10.3 Å². The number of halogens is 1. The molecule has 3 nitrogen and oxygen atoms in total. The van der Waals surface area contributed by atoms with Crippen LogP contribution >= 0.6 is 11.3 Å². The fourth-order valence-electron chi connectivity index (χ4n) is 2.02. The molecule has 1 atom stereocenters. The van der Waals surface area contributed by atoms with E-state index in [0.29, 0.717) is 18.7 Å². The minimum atomic E-state index is -0.233. The Morgan fingerprint density at radius 2 is 2.20 bits per heavy atom. The number of benzene rings is 1. The van der Waals surface area contributed by atoms with Gasteiger partial charge in [0.05, 0.1) is 12.6 Å². The Bertz CT molecular complexity index is 571. The van der Waals surface area contributed by atoms with Gasteiger partial charge in [-0.1, -0.05) is 17.7 Å². The van der Waals surface area contributed by atoms with E-state index in [4.69, 9.17) is 4.74 Å². The summed E-state index contributed by atoms with van der Waals surface area (Å²) < 4.78 is 19.2. The standard InChI is InChI=1S/C15H19FN2OS/c1-10-4-5-13(16)12(8-10)14(17-6-7-19-3)15-18-11(2)9-20-15/h4-5,8-9,14,17H,6-7H2,1-3H3. The second-order valence-corrected chi connectivity index (χ2v) is 5.62. The van der Waals surface area contributed by atoms with Gasteiger partial charge in [0.15, 0.2) is 0 Å². The first-order valence-electron chi connectivity index (χ1n) is 6.52. The molecule has 0 saturated heterocycles.